The fourth-order valence-electron chi connectivity index (χ4n) is 5.71. The number of carboxylic acids is 4. The number of hydrogen-bond acceptors (Lipinski definition) is 16. The first-order chi connectivity index (χ1) is 33.4. The second-order valence-electron chi connectivity index (χ2n) is 16.1. The second kappa shape index (κ2) is 31.7. The summed E-state index contributed by atoms with van der Waals surface area (Å²) in [6, 6.07) is -15.7. The lowest BCUT2D eigenvalue weighted by atomic mass is 10.1. The average molecular weight is 1030 g/mol. The molecule has 0 spiro atoms. The van der Waals surface area contributed by atoms with Gasteiger partial charge in [0.15, 0.2) is 11.9 Å². The van der Waals surface area contributed by atoms with Gasteiger partial charge >= 0.3 is 23.9 Å². The average Bonchev–Trinajstić information content (AvgIpc) is 3.26. The van der Waals surface area contributed by atoms with Crippen molar-refractivity contribution in [3.05, 3.63) is 0 Å². The first kappa shape index (κ1) is 63.6. The molecule has 0 aromatic carbocycles. The Balaban J connectivity index is 5.98. The molecule has 0 aliphatic carbocycles. The van der Waals surface area contributed by atoms with E-state index in [1.807, 2.05) is 10.6 Å². The molecular formula is C39H66N16O17. The molecule has 0 aromatic rings. The SMILES string of the molecule is C[C@H](NC(=O)[C@H](CC(=O)O)NC(=O)[C@H](C)NC(=O)[C@H](CC(=O)O)NC(=O)[C@H](C)NC(=O)[C@H](CCCNC(=N)N)NC(=O)[C@H](C)NC(=O)[C@H](CC(=O)O)NC(=O)[C@H](C)NC(=O)[C@@H](N)CCCNC(=N)N)C(=O)O. The predicted octanol–water partition coefficient (Wildman–Crippen LogP) is -8.19. The third-order valence-electron chi connectivity index (χ3n) is 9.73. The lowest BCUT2D eigenvalue weighted by molar-refractivity contribution is -0.143. The van der Waals surface area contributed by atoms with Gasteiger partial charge in [0.25, 0.3) is 0 Å². The van der Waals surface area contributed by atoms with Crippen LogP contribution in [0.3, 0.4) is 0 Å². The highest BCUT2D eigenvalue weighted by Gasteiger charge is 2.34. The van der Waals surface area contributed by atoms with E-state index >= 15 is 0 Å². The molecule has 0 bridgehead atoms. The summed E-state index contributed by atoms with van der Waals surface area (Å²) >= 11 is 0. The van der Waals surface area contributed by atoms with E-state index in [1.165, 1.54) is 6.92 Å². The Kier molecular flexibility index (Phi) is 28.0. The number of hydrogen-bond donors (Lipinski definition) is 20. The van der Waals surface area contributed by atoms with E-state index in [2.05, 4.69) is 47.9 Å². The maximum atomic E-state index is 13.5. The largest absolute Gasteiger partial charge is 0.481 e. The number of nitrogens with one attached hydrogen (secondary N) is 13. The summed E-state index contributed by atoms with van der Waals surface area (Å²) in [6.45, 7) is 5.82. The molecule has 404 valence electrons. The lowest BCUT2D eigenvalue weighted by Gasteiger charge is -2.26. The van der Waals surface area contributed by atoms with Gasteiger partial charge in [-0.05, 0) is 60.3 Å². The Morgan fingerprint density at radius 1 is 0.389 bits per heavy atom. The van der Waals surface area contributed by atoms with Gasteiger partial charge < -0.3 is 96.1 Å². The van der Waals surface area contributed by atoms with E-state index in [4.69, 9.17) is 33.1 Å². The van der Waals surface area contributed by atoms with E-state index in [0.29, 0.717) is 6.42 Å². The van der Waals surface area contributed by atoms with E-state index in [1.54, 1.807) is 0 Å². The van der Waals surface area contributed by atoms with Crippen LogP contribution in [0.1, 0.15) is 79.6 Å². The summed E-state index contributed by atoms with van der Waals surface area (Å²) in [6.07, 6.45) is -2.80. The van der Waals surface area contributed by atoms with Crippen LogP contribution in [0.4, 0.5) is 0 Å². The summed E-state index contributed by atoms with van der Waals surface area (Å²) in [5, 5.41) is 76.3. The molecule has 0 heterocycles. The molecule has 0 aromatic heterocycles. The lowest BCUT2D eigenvalue weighted by Crippen LogP contribution is -2.60. The molecule has 0 aliphatic rings. The van der Waals surface area contributed by atoms with Gasteiger partial charge in [0.1, 0.15) is 54.4 Å². The molecule has 9 amide bonds. The molecule has 0 unspecified atom stereocenters. The van der Waals surface area contributed by atoms with E-state index in [9.17, 15) is 77.6 Å². The molecule has 10 atom stereocenters. The van der Waals surface area contributed by atoms with Gasteiger partial charge in [0, 0.05) is 13.1 Å². The fourth-order valence-corrected chi connectivity index (χ4v) is 5.71. The second-order valence-corrected chi connectivity index (χ2v) is 16.1. The third-order valence-corrected chi connectivity index (χ3v) is 9.73. The van der Waals surface area contributed by atoms with Crippen molar-refractivity contribution in [2.75, 3.05) is 13.1 Å². The first-order valence-corrected chi connectivity index (χ1v) is 21.9. The quantitative estimate of drug-likeness (QED) is 0.0165. The van der Waals surface area contributed by atoms with Gasteiger partial charge in [-0.25, -0.2) is 0 Å². The summed E-state index contributed by atoms with van der Waals surface area (Å²) < 4.78 is 0. The molecule has 0 fully saturated rings. The van der Waals surface area contributed by atoms with Crippen molar-refractivity contribution < 1.29 is 82.8 Å². The van der Waals surface area contributed by atoms with Gasteiger partial charge in [-0.2, -0.15) is 0 Å². The zero-order valence-electron chi connectivity index (χ0n) is 40.0. The highest BCUT2D eigenvalue weighted by Crippen LogP contribution is 2.04. The minimum Gasteiger partial charge on any atom is -0.481 e. The Morgan fingerprint density at radius 3 is 0.944 bits per heavy atom. The number of guanidine groups is 2. The number of carboxylic acid groups (broad SMARTS) is 4. The Labute approximate surface area is 410 Å². The van der Waals surface area contributed by atoms with Crippen LogP contribution in [-0.2, 0) is 62.3 Å². The molecule has 0 saturated heterocycles. The summed E-state index contributed by atoms with van der Waals surface area (Å²) in [5.41, 5.74) is 16.4. The van der Waals surface area contributed by atoms with Crippen LogP contribution in [0.15, 0.2) is 0 Å². The van der Waals surface area contributed by atoms with Gasteiger partial charge in [-0.3, -0.25) is 73.1 Å². The van der Waals surface area contributed by atoms with Gasteiger partial charge in [0.05, 0.1) is 25.3 Å². The molecule has 33 heteroatoms. The van der Waals surface area contributed by atoms with E-state index in [-0.39, 0.29) is 38.3 Å². The maximum absolute atomic E-state index is 13.5. The topological polar surface area (TPSA) is 561 Å². The highest BCUT2D eigenvalue weighted by atomic mass is 16.4. The van der Waals surface area contributed by atoms with Crippen molar-refractivity contribution in [3.63, 3.8) is 0 Å². The molecule has 33 nitrogen and oxygen atoms in total. The van der Waals surface area contributed by atoms with Crippen LogP contribution >= 0.6 is 0 Å². The number of carbonyl (C=O) groups excluding carboxylic acids is 9. The molecule has 0 aliphatic heterocycles. The fraction of sp³-hybridized carbons (Fsp3) is 0.615. The minimum atomic E-state index is -1.93. The molecule has 23 N–H and O–H groups in total. The van der Waals surface area contributed by atoms with Crippen LogP contribution < -0.4 is 75.7 Å². The van der Waals surface area contributed by atoms with Crippen LogP contribution in [0.25, 0.3) is 0 Å². The number of rotatable bonds is 33. The standard InChI is InChI=1S/C39H66N16O17/c1-15(47-32(66)20(40)8-6-10-45-38(41)42)29(63)53-22(12-25(56)57)34(68)49-16(2)28(62)52-21(9-7-11-46-39(43)44)33(67)48-17(3)30(64)54-23(13-26(58)59)35(69)50-18(4)31(65)55-24(14-27(60)61)36(70)51-19(5)37(71)72/h15-24H,6-14,40H2,1-5H3,(H,47,66)(H,48,67)(H,49,68)(H,50,69)(H,51,70)(H,52,62)(H,53,63)(H,54,64)(H,55,65)(H,56,57)(H,58,59)(H,60,61)(H,71,72)(H4,41,42,45)(H4,43,44,46)/t15-,16-,17-,18-,19-,20-,21-,22-,23-,24-/m0/s1. The molecule has 72 heavy (non-hydrogen) atoms. The highest BCUT2D eigenvalue weighted by molar-refractivity contribution is 5.99. The monoisotopic (exact) mass is 1030 g/mol. The molecule has 0 radical (unpaired) electrons. The van der Waals surface area contributed by atoms with Crippen molar-refractivity contribution in [2.45, 2.75) is 140 Å². The summed E-state index contributed by atoms with van der Waals surface area (Å²) in [5.74, 6) is -16.8. The smallest absolute Gasteiger partial charge is 0.325 e. The third kappa shape index (κ3) is 25.8. The van der Waals surface area contributed by atoms with Gasteiger partial charge in [-0.15, -0.1) is 0 Å². The van der Waals surface area contributed by atoms with Crippen LogP contribution in [-0.4, -0.2) is 183 Å². The minimum absolute atomic E-state index is 0.00292. The van der Waals surface area contributed by atoms with E-state index in [0.717, 1.165) is 27.7 Å². The van der Waals surface area contributed by atoms with Crippen molar-refractivity contribution in [2.24, 2.45) is 17.2 Å². The van der Waals surface area contributed by atoms with Crippen LogP contribution in [0.5, 0.6) is 0 Å². The number of amides is 9. The van der Waals surface area contributed by atoms with Crippen molar-refractivity contribution in [3.8, 4) is 0 Å². The number of nitrogens with two attached hydrogens (primary N) is 3. The Morgan fingerprint density at radius 2 is 0.653 bits per heavy atom. The van der Waals surface area contributed by atoms with Crippen LogP contribution in [0, 0.1) is 10.8 Å². The zero-order valence-corrected chi connectivity index (χ0v) is 40.0. The molecular weight excluding hydrogens is 965 g/mol. The van der Waals surface area contributed by atoms with Crippen LogP contribution in [0.2, 0.25) is 0 Å². The summed E-state index contributed by atoms with van der Waals surface area (Å²) in [7, 11) is 0. The normalized spacial score (nSPS) is 14.8. The summed E-state index contributed by atoms with van der Waals surface area (Å²) in [4.78, 5) is 163. The van der Waals surface area contributed by atoms with Gasteiger partial charge in [-0.1, -0.05) is 0 Å². The zero-order chi connectivity index (χ0) is 55.6. The predicted molar refractivity (Wildman–Crippen MR) is 246 cm³/mol. The molecule has 0 saturated carbocycles. The Hall–Kier alpha value is -8.39. The van der Waals surface area contributed by atoms with Crippen molar-refractivity contribution in [1.82, 2.24) is 58.5 Å². The Bertz CT molecular complexity index is 2040. The maximum Gasteiger partial charge on any atom is 0.325 e. The van der Waals surface area contributed by atoms with E-state index < -0.39 is 163 Å². The van der Waals surface area contributed by atoms with Gasteiger partial charge in [0.2, 0.25) is 53.2 Å². The van der Waals surface area contributed by atoms with Crippen molar-refractivity contribution in [1.29, 1.82) is 10.8 Å². The number of aliphatic carboxylic acids is 4. The first-order valence-electron chi connectivity index (χ1n) is 21.9. The van der Waals surface area contributed by atoms with Crippen molar-refractivity contribution >= 4 is 89.0 Å². The molecule has 0 rings (SSSR count). The number of carbonyl (C=O) groups is 13.